The number of benzene rings is 1. The normalized spacial score (nSPS) is 32.8. The zero-order valence-corrected chi connectivity index (χ0v) is 11.5. The van der Waals surface area contributed by atoms with E-state index in [0.29, 0.717) is 0 Å². The number of hydrogen-bond acceptors (Lipinski definition) is 6. The Morgan fingerprint density at radius 3 is 2.48 bits per heavy atom. The lowest BCUT2D eigenvalue weighted by molar-refractivity contribution is -0.296. The maximum Gasteiger partial charge on any atom is 0.335 e. The fourth-order valence-electron chi connectivity index (χ4n) is 2.20. The van der Waals surface area contributed by atoms with Gasteiger partial charge >= 0.3 is 5.97 Å². The quantitative estimate of drug-likeness (QED) is 0.688. The Morgan fingerprint density at radius 1 is 1.24 bits per heavy atom. The van der Waals surface area contributed by atoms with Crippen molar-refractivity contribution in [3.8, 4) is 0 Å². The second-order valence-electron chi connectivity index (χ2n) is 4.74. The molecule has 1 aromatic carbocycles. The standard InChI is InChI=1S/C14H18O7/c1-19-14-10(16)11(9(15)12(21-14)13(17)18)20-7-8-5-3-2-4-6-8/h2-6,9-12,14-16H,7H2,1H3,(H,17,18)/t9-,10+,11-,12-,14?/m0/s1. The molecule has 0 saturated carbocycles. The molecule has 1 aliphatic rings. The first-order chi connectivity index (χ1) is 10.0. The van der Waals surface area contributed by atoms with E-state index in [9.17, 15) is 15.0 Å². The van der Waals surface area contributed by atoms with Crippen LogP contribution >= 0.6 is 0 Å². The largest absolute Gasteiger partial charge is 0.479 e. The van der Waals surface area contributed by atoms with Crippen molar-refractivity contribution in [2.24, 2.45) is 0 Å². The molecule has 1 saturated heterocycles. The van der Waals surface area contributed by atoms with Crippen LogP contribution in [0, 0.1) is 0 Å². The van der Waals surface area contributed by atoms with E-state index in [1.807, 2.05) is 30.3 Å². The van der Waals surface area contributed by atoms with Gasteiger partial charge in [-0.05, 0) is 5.56 Å². The molecule has 1 aromatic rings. The number of carboxylic acids is 1. The van der Waals surface area contributed by atoms with Crippen LogP contribution in [-0.4, -0.2) is 59.1 Å². The molecule has 2 rings (SSSR count). The Bertz CT molecular complexity index is 464. The van der Waals surface area contributed by atoms with Crippen molar-refractivity contribution >= 4 is 5.97 Å². The SMILES string of the molecule is COC1O[C@H](C(=O)O)[C@@H](O)[C@H](OCc2ccccc2)[C@H]1O. The molecule has 1 unspecified atom stereocenters. The van der Waals surface area contributed by atoms with Gasteiger partial charge in [0.25, 0.3) is 0 Å². The van der Waals surface area contributed by atoms with Crippen molar-refractivity contribution < 1.29 is 34.3 Å². The summed E-state index contributed by atoms with van der Waals surface area (Å²) in [6.07, 6.45) is -6.59. The van der Waals surface area contributed by atoms with Crippen molar-refractivity contribution in [1.82, 2.24) is 0 Å². The van der Waals surface area contributed by atoms with E-state index in [2.05, 4.69) is 0 Å². The summed E-state index contributed by atoms with van der Waals surface area (Å²) in [4.78, 5) is 11.1. The van der Waals surface area contributed by atoms with Gasteiger partial charge in [0.2, 0.25) is 0 Å². The molecular formula is C14H18O7. The third kappa shape index (κ3) is 3.58. The first-order valence-corrected chi connectivity index (χ1v) is 6.47. The van der Waals surface area contributed by atoms with Gasteiger partial charge in [-0.25, -0.2) is 4.79 Å². The van der Waals surface area contributed by atoms with Gasteiger partial charge in [-0.3, -0.25) is 0 Å². The molecule has 3 N–H and O–H groups in total. The first kappa shape index (κ1) is 15.9. The lowest BCUT2D eigenvalue weighted by atomic mass is 9.98. The van der Waals surface area contributed by atoms with Crippen molar-refractivity contribution in [2.75, 3.05) is 7.11 Å². The lowest BCUT2D eigenvalue weighted by Gasteiger charge is -2.40. The monoisotopic (exact) mass is 298 g/mol. The predicted octanol–water partition coefficient (Wildman–Crippen LogP) is -0.251. The highest BCUT2D eigenvalue weighted by Crippen LogP contribution is 2.25. The highest BCUT2D eigenvalue weighted by molar-refractivity contribution is 5.73. The van der Waals surface area contributed by atoms with E-state index in [-0.39, 0.29) is 6.61 Å². The molecule has 7 nitrogen and oxygen atoms in total. The number of ether oxygens (including phenoxy) is 3. The van der Waals surface area contributed by atoms with Gasteiger partial charge in [-0.15, -0.1) is 0 Å². The van der Waals surface area contributed by atoms with E-state index in [0.717, 1.165) is 5.56 Å². The van der Waals surface area contributed by atoms with Gasteiger partial charge in [0, 0.05) is 7.11 Å². The zero-order valence-electron chi connectivity index (χ0n) is 11.5. The molecule has 0 radical (unpaired) electrons. The van der Waals surface area contributed by atoms with Gasteiger partial charge in [0.15, 0.2) is 12.4 Å². The molecule has 1 heterocycles. The molecule has 5 atom stereocenters. The predicted molar refractivity (Wildman–Crippen MR) is 70.3 cm³/mol. The van der Waals surface area contributed by atoms with Crippen LogP contribution in [0.3, 0.4) is 0 Å². The second-order valence-corrected chi connectivity index (χ2v) is 4.74. The van der Waals surface area contributed by atoms with Gasteiger partial charge in [-0.1, -0.05) is 30.3 Å². The lowest BCUT2D eigenvalue weighted by Crippen LogP contribution is -2.61. The third-order valence-corrected chi connectivity index (χ3v) is 3.30. The number of aliphatic carboxylic acids is 1. The second kappa shape index (κ2) is 6.97. The smallest absolute Gasteiger partial charge is 0.335 e. The van der Waals surface area contributed by atoms with Gasteiger partial charge in [-0.2, -0.15) is 0 Å². The van der Waals surface area contributed by atoms with Gasteiger partial charge < -0.3 is 29.5 Å². The Morgan fingerprint density at radius 2 is 1.90 bits per heavy atom. The summed E-state index contributed by atoms with van der Waals surface area (Å²) in [5.41, 5.74) is 0.837. The van der Waals surface area contributed by atoms with Crippen LogP contribution in [0.15, 0.2) is 30.3 Å². The Hall–Kier alpha value is -1.51. The molecule has 1 aliphatic heterocycles. The van der Waals surface area contributed by atoms with Crippen molar-refractivity contribution in [3.63, 3.8) is 0 Å². The number of hydrogen-bond donors (Lipinski definition) is 3. The minimum absolute atomic E-state index is 0.127. The van der Waals surface area contributed by atoms with Crippen LogP contribution in [0.5, 0.6) is 0 Å². The van der Waals surface area contributed by atoms with Crippen molar-refractivity contribution in [1.29, 1.82) is 0 Å². The molecule has 21 heavy (non-hydrogen) atoms. The average Bonchev–Trinajstić information content (AvgIpc) is 2.48. The van der Waals surface area contributed by atoms with Gasteiger partial charge in [0.05, 0.1) is 6.61 Å². The Labute approximate surface area is 121 Å². The minimum Gasteiger partial charge on any atom is -0.479 e. The molecule has 0 bridgehead atoms. The van der Waals surface area contributed by atoms with Crippen LogP contribution in [0.25, 0.3) is 0 Å². The van der Waals surface area contributed by atoms with E-state index in [1.54, 1.807) is 0 Å². The summed E-state index contributed by atoms with van der Waals surface area (Å²) >= 11 is 0. The first-order valence-electron chi connectivity index (χ1n) is 6.47. The van der Waals surface area contributed by atoms with Crippen molar-refractivity contribution in [2.45, 2.75) is 37.3 Å². The fraction of sp³-hybridized carbons (Fsp3) is 0.500. The van der Waals surface area contributed by atoms with Crippen LogP contribution in [0.2, 0.25) is 0 Å². The third-order valence-electron chi connectivity index (χ3n) is 3.30. The van der Waals surface area contributed by atoms with E-state index < -0.39 is 36.7 Å². The molecule has 7 heteroatoms. The highest BCUT2D eigenvalue weighted by atomic mass is 16.7. The Kier molecular flexibility index (Phi) is 5.27. The van der Waals surface area contributed by atoms with E-state index in [4.69, 9.17) is 19.3 Å². The molecule has 0 aliphatic carbocycles. The molecule has 0 aromatic heterocycles. The summed E-state index contributed by atoms with van der Waals surface area (Å²) in [6.45, 7) is 0.127. The van der Waals surface area contributed by atoms with Crippen LogP contribution in [0.4, 0.5) is 0 Å². The van der Waals surface area contributed by atoms with Crippen LogP contribution in [0.1, 0.15) is 5.56 Å². The minimum atomic E-state index is -1.51. The maximum atomic E-state index is 11.1. The molecule has 0 amide bonds. The molecule has 1 fully saturated rings. The molecular weight excluding hydrogens is 280 g/mol. The Balaban J connectivity index is 2.08. The topological polar surface area (TPSA) is 105 Å². The average molecular weight is 298 g/mol. The summed E-state index contributed by atoms with van der Waals surface area (Å²) in [5.74, 6) is -1.34. The summed E-state index contributed by atoms with van der Waals surface area (Å²) in [5, 5.41) is 29.1. The number of rotatable bonds is 5. The molecule has 0 spiro atoms. The zero-order chi connectivity index (χ0) is 15.4. The maximum absolute atomic E-state index is 11.1. The highest BCUT2D eigenvalue weighted by Gasteiger charge is 2.48. The van der Waals surface area contributed by atoms with Crippen LogP contribution < -0.4 is 0 Å². The summed E-state index contributed by atoms with van der Waals surface area (Å²) in [7, 11) is 1.28. The van der Waals surface area contributed by atoms with Gasteiger partial charge in [0.1, 0.15) is 18.3 Å². The van der Waals surface area contributed by atoms with Crippen LogP contribution in [-0.2, 0) is 25.6 Å². The number of methoxy groups -OCH3 is 1. The number of aliphatic hydroxyl groups is 2. The summed E-state index contributed by atoms with van der Waals surface area (Å²) < 4.78 is 15.4. The molecule has 116 valence electrons. The van der Waals surface area contributed by atoms with E-state index in [1.165, 1.54) is 7.11 Å². The van der Waals surface area contributed by atoms with E-state index >= 15 is 0 Å². The summed E-state index contributed by atoms with van der Waals surface area (Å²) in [6, 6.07) is 9.14. The fourth-order valence-corrected chi connectivity index (χ4v) is 2.20. The number of carboxylic acid groups (broad SMARTS) is 1. The number of aliphatic hydroxyl groups excluding tert-OH is 2. The number of carbonyl (C=O) groups is 1. The van der Waals surface area contributed by atoms with Crippen molar-refractivity contribution in [3.05, 3.63) is 35.9 Å².